The number of unbranched alkanes of at least 4 members (excludes halogenated alkanes) is 1. The third-order valence-electron chi connectivity index (χ3n) is 2.05. The zero-order valence-electron chi connectivity index (χ0n) is 9.44. The van der Waals surface area contributed by atoms with E-state index in [0.29, 0.717) is 0 Å². The standard InChI is InChI=1S/C9H18O4S.Na/c1-3-5-6-7-9(4-2)8-13-14(10,11)12;/h3,9H,1,4-8H2,2H3,(H,10,11,12);/q;+1/p-1. The van der Waals surface area contributed by atoms with E-state index in [1.807, 2.05) is 13.0 Å². The van der Waals surface area contributed by atoms with Crippen molar-refractivity contribution in [2.75, 3.05) is 6.61 Å². The second-order valence-corrected chi connectivity index (χ2v) is 4.24. The Labute approximate surface area is 114 Å². The van der Waals surface area contributed by atoms with Gasteiger partial charge in [0.05, 0.1) is 6.61 Å². The fourth-order valence-corrected chi connectivity index (χ4v) is 1.49. The first kappa shape index (κ1) is 18.0. The van der Waals surface area contributed by atoms with Gasteiger partial charge in [-0.2, -0.15) is 0 Å². The summed E-state index contributed by atoms with van der Waals surface area (Å²) in [6.45, 7) is 5.53. The molecule has 0 radical (unpaired) electrons. The summed E-state index contributed by atoms with van der Waals surface area (Å²) in [5.74, 6) is 0.138. The van der Waals surface area contributed by atoms with Crippen LogP contribution < -0.4 is 29.6 Å². The Kier molecular flexibility index (Phi) is 11.8. The number of hydrogen-bond acceptors (Lipinski definition) is 4. The van der Waals surface area contributed by atoms with Crippen LogP contribution in [0.1, 0.15) is 32.6 Å². The van der Waals surface area contributed by atoms with Gasteiger partial charge in [0.15, 0.2) is 0 Å². The van der Waals surface area contributed by atoms with Gasteiger partial charge < -0.3 is 4.55 Å². The van der Waals surface area contributed by atoms with Crippen LogP contribution in [0.4, 0.5) is 0 Å². The van der Waals surface area contributed by atoms with E-state index in [9.17, 15) is 13.0 Å². The van der Waals surface area contributed by atoms with Crippen LogP contribution in [0.5, 0.6) is 0 Å². The largest absolute Gasteiger partial charge is 1.00 e. The van der Waals surface area contributed by atoms with Crippen molar-refractivity contribution in [2.45, 2.75) is 32.6 Å². The summed E-state index contributed by atoms with van der Waals surface area (Å²) in [6, 6.07) is 0. The summed E-state index contributed by atoms with van der Waals surface area (Å²) in [5.41, 5.74) is 0. The summed E-state index contributed by atoms with van der Waals surface area (Å²) >= 11 is 0. The third-order valence-corrected chi connectivity index (χ3v) is 2.47. The number of rotatable bonds is 8. The summed E-state index contributed by atoms with van der Waals surface area (Å²) < 4.78 is 34.8. The summed E-state index contributed by atoms with van der Waals surface area (Å²) in [6.07, 6.45) is 5.34. The average Bonchev–Trinajstić information content (AvgIpc) is 2.09. The van der Waals surface area contributed by atoms with Crippen molar-refractivity contribution in [2.24, 2.45) is 5.92 Å². The molecule has 0 aromatic carbocycles. The van der Waals surface area contributed by atoms with Gasteiger partial charge in [0.2, 0.25) is 10.4 Å². The molecule has 84 valence electrons. The van der Waals surface area contributed by atoms with Crippen LogP contribution in [-0.2, 0) is 14.6 Å². The normalized spacial score (nSPS) is 12.9. The molecule has 0 aromatic rings. The molecule has 0 aliphatic heterocycles. The molecule has 0 saturated carbocycles. The Morgan fingerprint density at radius 2 is 2.13 bits per heavy atom. The molecule has 1 atom stereocenters. The quantitative estimate of drug-likeness (QED) is 0.178. The molecule has 0 bridgehead atoms. The van der Waals surface area contributed by atoms with Crippen LogP contribution in [0.25, 0.3) is 0 Å². The van der Waals surface area contributed by atoms with E-state index in [1.165, 1.54) is 0 Å². The minimum atomic E-state index is -4.53. The molecule has 15 heavy (non-hydrogen) atoms. The molecule has 0 spiro atoms. The van der Waals surface area contributed by atoms with Crippen molar-refractivity contribution in [1.29, 1.82) is 0 Å². The topological polar surface area (TPSA) is 66.4 Å². The van der Waals surface area contributed by atoms with Gasteiger partial charge in [-0.3, -0.25) is 4.18 Å². The molecule has 0 N–H and O–H groups in total. The molecule has 4 nitrogen and oxygen atoms in total. The van der Waals surface area contributed by atoms with Crippen LogP contribution in [0.15, 0.2) is 12.7 Å². The average molecular weight is 244 g/mol. The van der Waals surface area contributed by atoms with Gasteiger partial charge in [-0.1, -0.05) is 19.4 Å². The second-order valence-electron chi connectivity index (χ2n) is 3.19. The first-order chi connectivity index (χ1) is 6.49. The monoisotopic (exact) mass is 244 g/mol. The van der Waals surface area contributed by atoms with Gasteiger partial charge in [0, 0.05) is 0 Å². The van der Waals surface area contributed by atoms with Crippen LogP contribution in [0, 0.1) is 5.92 Å². The van der Waals surface area contributed by atoms with Crippen molar-refractivity contribution >= 4 is 10.4 Å². The van der Waals surface area contributed by atoms with Gasteiger partial charge in [0.1, 0.15) is 0 Å². The molecule has 0 aromatic heterocycles. The maximum atomic E-state index is 10.2. The summed E-state index contributed by atoms with van der Waals surface area (Å²) in [7, 11) is -4.53. The van der Waals surface area contributed by atoms with Gasteiger partial charge in [0.25, 0.3) is 0 Å². The number of allylic oxidation sites excluding steroid dienone is 1. The van der Waals surface area contributed by atoms with E-state index < -0.39 is 10.4 Å². The Morgan fingerprint density at radius 1 is 1.53 bits per heavy atom. The van der Waals surface area contributed by atoms with E-state index in [4.69, 9.17) is 0 Å². The van der Waals surface area contributed by atoms with E-state index in [0.717, 1.165) is 25.7 Å². The van der Waals surface area contributed by atoms with Gasteiger partial charge in [-0.15, -0.1) is 6.58 Å². The van der Waals surface area contributed by atoms with Crippen molar-refractivity contribution in [1.82, 2.24) is 0 Å². The molecular formula is C9H17NaO4S. The zero-order valence-corrected chi connectivity index (χ0v) is 12.3. The minimum Gasteiger partial charge on any atom is -0.726 e. The van der Waals surface area contributed by atoms with E-state index in [1.54, 1.807) is 0 Å². The molecule has 0 rings (SSSR count). The predicted molar refractivity (Wildman–Crippen MR) is 53.5 cm³/mol. The Hall–Kier alpha value is 0.610. The van der Waals surface area contributed by atoms with Crippen molar-refractivity contribution in [3.05, 3.63) is 12.7 Å². The fourth-order valence-electron chi connectivity index (χ4n) is 1.14. The van der Waals surface area contributed by atoms with Gasteiger partial charge in [-0.25, -0.2) is 8.42 Å². The number of hydrogen-bond donors (Lipinski definition) is 0. The SMILES string of the molecule is C=CCCCC(CC)COS(=O)(=O)[O-].[Na+]. The molecule has 0 amide bonds. The zero-order chi connectivity index (χ0) is 11.0. The third kappa shape index (κ3) is 12.5. The van der Waals surface area contributed by atoms with Crippen LogP contribution in [0.2, 0.25) is 0 Å². The van der Waals surface area contributed by atoms with Crippen LogP contribution in [-0.4, -0.2) is 19.6 Å². The molecule has 6 heteroatoms. The Balaban J connectivity index is 0. The molecule has 0 fully saturated rings. The van der Waals surface area contributed by atoms with Crippen molar-refractivity contribution < 1.29 is 46.7 Å². The first-order valence-corrected chi connectivity index (χ1v) is 6.04. The maximum absolute atomic E-state index is 10.2. The van der Waals surface area contributed by atoms with E-state index in [2.05, 4.69) is 10.8 Å². The minimum absolute atomic E-state index is 0. The predicted octanol–water partition coefficient (Wildman–Crippen LogP) is -1.15. The van der Waals surface area contributed by atoms with Gasteiger partial charge >= 0.3 is 29.6 Å². The molecule has 0 aliphatic carbocycles. The van der Waals surface area contributed by atoms with Crippen molar-refractivity contribution in [3.8, 4) is 0 Å². The van der Waals surface area contributed by atoms with Crippen LogP contribution >= 0.6 is 0 Å². The molecule has 0 saturated heterocycles. The van der Waals surface area contributed by atoms with Crippen LogP contribution in [0.3, 0.4) is 0 Å². The Morgan fingerprint density at radius 3 is 2.53 bits per heavy atom. The maximum Gasteiger partial charge on any atom is 1.00 e. The fraction of sp³-hybridized carbons (Fsp3) is 0.778. The first-order valence-electron chi connectivity index (χ1n) is 4.70. The molecule has 1 unspecified atom stereocenters. The van der Waals surface area contributed by atoms with Crippen molar-refractivity contribution in [3.63, 3.8) is 0 Å². The molecule has 0 heterocycles. The van der Waals surface area contributed by atoms with Gasteiger partial charge in [-0.05, 0) is 25.2 Å². The summed E-state index contributed by atoms with van der Waals surface area (Å²) in [5, 5.41) is 0. The summed E-state index contributed by atoms with van der Waals surface area (Å²) in [4.78, 5) is 0. The second kappa shape index (κ2) is 9.81. The smallest absolute Gasteiger partial charge is 0.726 e. The molecular weight excluding hydrogens is 227 g/mol. The van der Waals surface area contributed by atoms with E-state index in [-0.39, 0.29) is 42.1 Å². The van der Waals surface area contributed by atoms with E-state index >= 15 is 0 Å². The Bertz CT molecular complexity index is 251. The molecule has 0 aliphatic rings.